The predicted molar refractivity (Wildman–Crippen MR) is 80.9 cm³/mol. The molecular weight excluding hydrogens is 226 g/mol. The van der Waals surface area contributed by atoms with Crippen LogP contribution in [0.3, 0.4) is 0 Å². The number of hydrogen-bond donors (Lipinski definition) is 1. The Hall–Kier alpha value is 0.310. The van der Waals surface area contributed by atoms with Gasteiger partial charge in [0.15, 0.2) is 0 Å². The molecule has 0 aromatic heterocycles. The molecule has 1 fully saturated rings. The van der Waals surface area contributed by atoms with Gasteiger partial charge in [0.2, 0.25) is 0 Å². The molecule has 1 nitrogen and oxygen atoms in total. The van der Waals surface area contributed by atoms with E-state index in [2.05, 4.69) is 37.8 Å². The van der Waals surface area contributed by atoms with Crippen molar-refractivity contribution in [2.75, 3.05) is 12.3 Å². The highest BCUT2D eigenvalue weighted by atomic mass is 32.2. The summed E-state index contributed by atoms with van der Waals surface area (Å²) in [6, 6.07) is 0.787. The van der Waals surface area contributed by atoms with Crippen LogP contribution in [0.15, 0.2) is 0 Å². The summed E-state index contributed by atoms with van der Waals surface area (Å²) in [7, 11) is 0. The van der Waals surface area contributed by atoms with Gasteiger partial charge in [-0.3, -0.25) is 0 Å². The number of rotatable bonds is 7. The fourth-order valence-corrected chi connectivity index (χ4v) is 4.20. The predicted octanol–water partition coefficient (Wildman–Crippen LogP) is 4.47. The van der Waals surface area contributed by atoms with Crippen LogP contribution in [0, 0.1) is 5.92 Å². The molecule has 0 aliphatic heterocycles. The Bertz CT molecular complexity index is 182. The minimum absolute atomic E-state index is 0.787. The average molecular weight is 257 g/mol. The lowest BCUT2D eigenvalue weighted by Crippen LogP contribution is -2.38. The molecule has 102 valence electrons. The molecule has 0 bridgehead atoms. The molecule has 0 aromatic carbocycles. The molecule has 1 aliphatic carbocycles. The first-order valence-electron chi connectivity index (χ1n) is 7.59. The SMILES string of the molecule is CCCNC1CCCCCC1SCCC(C)C. The zero-order valence-electron chi connectivity index (χ0n) is 12.0. The van der Waals surface area contributed by atoms with Crippen molar-refractivity contribution in [2.24, 2.45) is 5.92 Å². The molecule has 2 unspecified atom stereocenters. The van der Waals surface area contributed by atoms with E-state index in [1.54, 1.807) is 0 Å². The van der Waals surface area contributed by atoms with E-state index in [0.717, 1.165) is 17.2 Å². The Morgan fingerprint density at radius 3 is 2.65 bits per heavy atom. The summed E-state index contributed by atoms with van der Waals surface area (Å²) in [4.78, 5) is 0. The molecule has 0 radical (unpaired) electrons. The van der Waals surface area contributed by atoms with Gasteiger partial charge >= 0.3 is 0 Å². The van der Waals surface area contributed by atoms with E-state index in [9.17, 15) is 0 Å². The molecule has 0 heterocycles. The standard InChI is InChI=1S/C15H31NS/c1-4-11-16-14-8-6-5-7-9-15(14)17-12-10-13(2)3/h13-16H,4-12H2,1-3H3. The third kappa shape index (κ3) is 6.71. The van der Waals surface area contributed by atoms with Crippen LogP contribution in [0.4, 0.5) is 0 Å². The van der Waals surface area contributed by atoms with Crippen LogP contribution < -0.4 is 5.32 Å². The van der Waals surface area contributed by atoms with E-state index in [1.165, 1.54) is 57.2 Å². The zero-order valence-corrected chi connectivity index (χ0v) is 12.8. The second-order valence-corrected chi connectivity index (χ2v) is 7.14. The fourth-order valence-electron chi connectivity index (χ4n) is 2.49. The molecule has 1 saturated carbocycles. The summed E-state index contributed by atoms with van der Waals surface area (Å²) in [5, 5.41) is 4.66. The molecule has 17 heavy (non-hydrogen) atoms. The molecule has 1 N–H and O–H groups in total. The van der Waals surface area contributed by atoms with Gasteiger partial charge in [0, 0.05) is 11.3 Å². The minimum Gasteiger partial charge on any atom is -0.313 e. The first-order chi connectivity index (χ1) is 8.24. The van der Waals surface area contributed by atoms with Crippen LogP contribution in [0.2, 0.25) is 0 Å². The molecular formula is C15H31NS. The summed E-state index contributed by atoms with van der Waals surface area (Å²) in [6.07, 6.45) is 9.81. The number of nitrogens with one attached hydrogen (secondary N) is 1. The Morgan fingerprint density at radius 1 is 1.18 bits per heavy atom. The highest BCUT2D eigenvalue weighted by Gasteiger charge is 2.23. The van der Waals surface area contributed by atoms with Crippen LogP contribution in [0.5, 0.6) is 0 Å². The molecule has 0 saturated heterocycles. The minimum atomic E-state index is 0.787. The second-order valence-electron chi connectivity index (χ2n) is 5.79. The van der Waals surface area contributed by atoms with Crippen LogP contribution in [-0.2, 0) is 0 Å². The molecule has 2 heteroatoms. The number of hydrogen-bond acceptors (Lipinski definition) is 2. The lowest BCUT2D eigenvalue weighted by molar-refractivity contribution is 0.469. The van der Waals surface area contributed by atoms with Crippen molar-refractivity contribution in [1.82, 2.24) is 5.32 Å². The van der Waals surface area contributed by atoms with Crippen LogP contribution in [0.25, 0.3) is 0 Å². The van der Waals surface area contributed by atoms with Crippen molar-refractivity contribution in [2.45, 2.75) is 77.0 Å². The molecule has 0 amide bonds. The van der Waals surface area contributed by atoms with E-state index < -0.39 is 0 Å². The van der Waals surface area contributed by atoms with Crippen molar-refractivity contribution < 1.29 is 0 Å². The van der Waals surface area contributed by atoms with Gasteiger partial charge < -0.3 is 5.32 Å². The van der Waals surface area contributed by atoms with Gasteiger partial charge in [0.05, 0.1) is 0 Å². The Labute approximate surface area is 113 Å². The monoisotopic (exact) mass is 257 g/mol. The summed E-state index contributed by atoms with van der Waals surface area (Å²) < 4.78 is 0. The molecule has 1 aliphatic rings. The van der Waals surface area contributed by atoms with Crippen LogP contribution in [-0.4, -0.2) is 23.6 Å². The maximum atomic E-state index is 3.78. The Balaban J connectivity index is 2.32. The van der Waals surface area contributed by atoms with Crippen molar-refractivity contribution in [3.05, 3.63) is 0 Å². The van der Waals surface area contributed by atoms with E-state index in [0.29, 0.717) is 0 Å². The maximum absolute atomic E-state index is 3.78. The maximum Gasteiger partial charge on any atom is 0.0201 e. The van der Waals surface area contributed by atoms with Gasteiger partial charge in [-0.2, -0.15) is 11.8 Å². The van der Waals surface area contributed by atoms with Crippen molar-refractivity contribution in [3.8, 4) is 0 Å². The van der Waals surface area contributed by atoms with E-state index >= 15 is 0 Å². The highest BCUT2D eigenvalue weighted by Crippen LogP contribution is 2.29. The van der Waals surface area contributed by atoms with Crippen LogP contribution >= 0.6 is 11.8 Å². The summed E-state index contributed by atoms with van der Waals surface area (Å²) in [5.74, 6) is 2.21. The lowest BCUT2D eigenvalue weighted by atomic mass is 10.1. The zero-order chi connectivity index (χ0) is 12.5. The van der Waals surface area contributed by atoms with E-state index in [4.69, 9.17) is 0 Å². The van der Waals surface area contributed by atoms with Gasteiger partial charge in [-0.1, -0.05) is 40.0 Å². The highest BCUT2D eigenvalue weighted by molar-refractivity contribution is 7.99. The average Bonchev–Trinajstić information content (AvgIpc) is 2.51. The third-order valence-electron chi connectivity index (χ3n) is 3.64. The van der Waals surface area contributed by atoms with Crippen molar-refractivity contribution >= 4 is 11.8 Å². The second kappa shape index (κ2) is 9.27. The lowest BCUT2D eigenvalue weighted by Gasteiger charge is -2.26. The summed E-state index contributed by atoms with van der Waals surface area (Å²) in [5.41, 5.74) is 0. The molecule has 2 atom stereocenters. The normalized spacial score (nSPS) is 26.1. The van der Waals surface area contributed by atoms with Gasteiger partial charge in [-0.05, 0) is 43.9 Å². The topological polar surface area (TPSA) is 12.0 Å². The first kappa shape index (κ1) is 15.4. The molecule has 0 aromatic rings. The summed E-state index contributed by atoms with van der Waals surface area (Å²) >= 11 is 2.24. The first-order valence-corrected chi connectivity index (χ1v) is 8.64. The van der Waals surface area contributed by atoms with E-state index in [1.807, 2.05) is 0 Å². The third-order valence-corrected chi connectivity index (χ3v) is 5.10. The Kier molecular flexibility index (Phi) is 8.38. The van der Waals surface area contributed by atoms with Gasteiger partial charge in [-0.25, -0.2) is 0 Å². The largest absolute Gasteiger partial charge is 0.313 e. The Morgan fingerprint density at radius 2 is 1.94 bits per heavy atom. The van der Waals surface area contributed by atoms with Gasteiger partial charge in [-0.15, -0.1) is 0 Å². The van der Waals surface area contributed by atoms with Crippen LogP contribution in [0.1, 0.15) is 65.7 Å². The van der Waals surface area contributed by atoms with Crippen molar-refractivity contribution in [3.63, 3.8) is 0 Å². The molecule has 0 spiro atoms. The molecule has 1 rings (SSSR count). The van der Waals surface area contributed by atoms with Gasteiger partial charge in [0.25, 0.3) is 0 Å². The fraction of sp³-hybridized carbons (Fsp3) is 1.00. The summed E-state index contributed by atoms with van der Waals surface area (Å²) in [6.45, 7) is 8.14. The van der Waals surface area contributed by atoms with E-state index in [-0.39, 0.29) is 0 Å². The van der Waals surface area contributed by atoms with Gasteiger partial charge in [0.1, 0.15) is 0 Å². The quantitative estimate of drug-likeness (QED) is 0.676. The smallest absolute Gasteiger partial charge is 0.0201 e. The number of thioether (sulfide) groups is 1. The van der Waals surface area contributed by atoms with Crippen molar-refractivity contribution in [1.29, 1.82) is 0 Å².